The molecule has 5 nitrogen and oxygen atoms in total. The fourth-order valence-corrected chi connectivity index (χ4v) is 1.31. The number of methoxy groups -OCH3 is 1. The Hall–Kier alpha value is -2.04. The summed E-state index contributed by atoms with van der Waals surface area (Å²) in [5.74, 6) is 0.841. The summed E-state index contributed by atoms with van der Waals surface area (Å²) in [4.78, 5) is 0. The molecule has 92 valence electrons. The molecule has 0 aromatic heterocycles. The maximum Gasteiger partial charge on any atom is 0.211 e. The lowest BCUT2D eigenvalue weighted by molar-refractivity contribution is 0.414. The average molecular weight is 234 g/mol. The third-order valence-electron chi connectivity index (χ3n) is 2.27. The number of ether oxygens (including phenoxy) is 1. The number of hydrogen-bond donors (Lipinski definition) is 2. The minimum Gasteiger partial charge on any atom is -0.497 e. The van der Waals surface area contributed by atoms with Gasteiger partial charge in [-0.2, -0.15) is 5.10 Å². The van der Waals surface area contributed by atoms with Gasteiger partial charge >= 0.3 is 0 Å². The Balaban J connectivity index is 2.49. The Morgan fingerprint density at radius 3 is 2.35 bits per heavy atom. The number of aryl methyl sites for hydroxylation is 1. The van der Waals surface area contributed by atoms with Crippen molar-refractivity contribution >= 4 is 11.7 Å². The Kier molecular flexibility index (Phi) is 5.00. The zero-order valence-electron chi connectivity index (χ0n) is 10.2. The molecule has 0 saturated carbocycles. The fourth-order valence-electron chi connectivity index (χ4n) is 1.31. The fraction of sp³-hybridized carbons (Fsp3) is 0.333. The molecule has 0 fully saturated rings. The summed E-state index contributed by atoms with van der Waals surface area (Å²) in [7, 11) is 1.65. The van der Waals surface area contributed by atoms with Crippen LogP contribution in [0.2, 0.25) is 0 Å². The van der Waals surface area contributed by atoms with Crippen molar-refractivity contribution in [3.63, 3.8) is 0 Å². The van der Waals surface area contributed by atoms with E-state index in [1.54, 1.807) is 7.11 Å². The number of benzene rings is 1. The minimum absolute atomic E-state index is 0.0196. The SMILES string of the molecule is COc1ccc(CC/C(C)=N\N=C(N)N)cc1. The first kappa shape index (κ1) is 13.0. The molecule has 1 rings (SSSR count). The summed E-state index contributed by atoms with van der Waals surface area (Å²) in [6.45, 7) is 1.90. The summed E-state index contributed by atoms with van der Waals surface area (Å²) in [5.41, 5.74) is 12.5. The topological polar surface area (TPSA) is 86.0 Å². The Labute approximate surface area is 101 Å². The first-order valence-corrected chi connectivity index (χ1v) is 5.37. The molecule has 5 heteroatoms. The van der Waals surface area contributed by atoms with Gasteiger partial charge < -0.3 is 16.2 Å². The number of guanidine groups is 1. The van der Waals surface area contributed by atoms with Gasteiger partial charge in [0.1, 0.15) is 5.75 Å². The van der Waals surface area contributed by atoms with Crippen LogP contribution in [0.25, 0.3) is 0 Å². The molecule has 0 heterocycles. The quantitative estimate of drug-likeness (QED) is 0.457. The molecule has 1 aromatic rings. The van der Waals surface area contributed by atoms with E-state index in [-0.39, 0.29) is 5.96 Å². The number of nitrogens with zero attached hydrogens (tertiary/aromatic N) is 2. The zero-order valence-corrected chi connectivity index (χ0v) is 10.2. The minimum atomic E-state index is -0.0196. The van der Waals surface area contributed by atoms with E-state index < -0.39 is 0 Å². The predicted octanol–water partition coefficient (Wildman–Crippen LogP) is 1.28. The van der Waals surface area contributed by atoms with Crippen LogP contribution >= 0.6 is 0 Å². The second kappa shape index (κ2) is 6.52. The molecular formula is C12H18N4O. The summed E-state index contributed by atoms with van der Waals surface area (Å²) >= 11 is 0. The van der Waals surface area contributed by atoms with Gasteiger partial charge in [-0.15, -0.1) is 5.10 Å². The maximum atomic E-state index is 5.19. The lowest BCUT2D eigenvalue weighted by Crippen LogP contribution is -2.22. The van der Waals surface area contributed by atoms with Crippen molar-refractivity contribution < 1.29 is 4.74 Å². The largest absolute Gasteiger partial charge is 0.497 e. The highest BCUT2D eigenvalue weighted by molar-refractivity contribution is 5.83. The molecule has 17 heavy (non-hydrogen) atoms. The predicted molar refractivity (Wildman–Crippen MR) is 70.2 cm³/mol. The number of rotatable bonds is 5. The average Bonchev–Trinajstić information content (AvgIpc) is 2.34. The molecule has 0 bridgehead atoms. The first-order chi connectivity index (χ1) is 8.11. The normalized spacial score (nSPS) is 11.1. The van der Waals surface area contributed by atoms with E-state index in [1.807, 2.05) is 31.2 Å². The van der Waals surface area contributed by atoms with E-state index >= 15 is 0 Å². The number of nitrogens with two attached hydrogens (primary N) is 2. The molecule has 4 N–H and O–H groups in total. The van der Waals surface area contributed by atoms with Crippen molar-refractivity contribution in [2.45, 2.75) is 19.8 Å². The lowest BCUT2D eigenvalue weighted by Gasteiger charge is -2.03. The van der Waals surface area contributed by atoms with Crippen molar-refractivity contribution in [2.75, 3.05) is 7.11 Å². The van der Waals surface area contributed by atoms with Crippen LogP contribution in [0, 0.1) is 0 Å². The van der Waals surface area contributed by atoms with Gasteiger partial charge in [-0.3, -0.25) is 0 Å². The summed E-state index contributed by atoms with van der Waals surface area (Å²) < 4.78 is 5.09. The van der Waals surface area contributed by atoms with Crippen molar-refractivity contribution in [3.05, 3.63) is 29.8 Å². The molecule has 0 atom stereocenters. The van der Waals surface area contributed by atoms with Crippen LogP contribution in [0.1, 0.15) is 18.9 Å². The summed E-state index contributed by atoms with van der Waals surface area (Å²) in [6.07, 6.45) is 1.72. The Bertz CT molecular complexity index is 405. The molecule has 0 saturated heterocycles. The zero-order chi connectivity index (χ0) is 12.7. The highest BCUT2D eigenvalue weighted by Gasteiger charge is 1.97. The second-order valence-corrected chi connectivity index (χ2v) is 3.71. The van der Waals surface area contributed by atoms with Crippen molar-refractivity contribution in [1.29, 1.82) is 0 Å². The molecule has 0 spiro atoms. The molecule has 0 radical (unpaired) electrons. The van der Waals surface area contributed by atoms with Gasteiger partial charge in [-0.25, -0.2) is 0 Å². The number of hydrogen-bond acceptors (Lipinski definition) is 3. The molecule has 0 aliphatic heterocycles. The summed E-state index contributed by atoms with van der Waals surface area (Å²) in [6, 6.07) is 7.95. The van der Waals surface area contributed by atoms with Gasteiger partial charge in [-0.1, -0.05) is 12.1 Å². The monoisotopic (exact) mass is 234 g/mol. The standard InChI is InChI=1S/C12H18N4O/c1-9(15-16-12(13)14)3-4-10-5-7-11(17-2)8-6-10/h5-8H,3-4H2,1-2H3,(H4,13,14,16)/b15-9-. The third-order valence-corrected chi connectivity index (χ3v) is 2.27. The lowest BCUT2D eigenvalue weighted by atomic mass is 10.1. The van der Waals surface area contributed by atoms with Crippen LogP contribution < -0.4 is 16.2 Å². The van der Waals surface area contributed by atoms with Crippen LogP contribution in [-0.4, -0.2) is 18.8 Å². The van der Waals surface area contributed by atoms with E-state index in [9.17, 15) is 0 Å². The van der Waals surface area contributed by atoms with E-state index in [0.29, 0.717) is 0 Å². The van der Waals surface area contributed by atoms with Crippen molar-refractivity contribution in [2.24, 2.45) is 21.7 Å². The van der Waals surface area contributed by atoms with E-state index in [2.05, 4.69) is 10.2 Å². The van der Waals surface area contributed by atoms with Crippen LogP contribution in [0.15, 0.2) is 34.5 Å². The van der Waals surface area contributed by atoms with Gasteiger partial charge in [0, 0.05) is 5.71 Å². The molecule has 0 aliphatic carbocycles. The summed E-state index contributed by atoms with van der Waals surface area (Å²) in [5, 5.41) is 7.51. The first-order valence-electron chi connectivity index (χ1n) is 5.37. The molecular weight excluding hydrogens is 216 g/mol. The van der Waals surface area contributed by atoms with Gasteiger partial charge in [0.05, 0.1) is 7.11 Å². The van der Waals surface area contributed by atoms with Gasteiger partial charge in [0.2, 0.25) is 5.96 Å². The van der Waals surface area contributed by atoms with Crippen LogP contribution in [0.5, 0.6) is 5.75 Å². The molecule has 0 unspecified atom stereocenters. The second-order valence-electron chi connectivity index (χ2n) is 3.71. The van der Waals surface area contributed by atoms with Gasteiger partial charge in [0.25, 0.3) is 0 Å². The molecule has 0 amide bonds. The molecule has 1 aromatic carbocycles. The van der Waals surface area contributed by atoms with Crippen LogP contribution in [0.4, 0.5) is 0 Å². The van der Waals surface area contributed by atoms with E-state index in [0.717, 1.165) is 24.3 Å². The van der Waals surface area contributed by atoms with Gasteiger partial charge in [-0.05, 0) is 37.5 Å². The van der Waals surface area contributed by atoms with Crippen molar-refractivity contribution in [3.8, 4) is 5.75 Å². The van der Waals surface area contributed by atoms with Crippen LogP contribution in [-0.2, 0) is 6.42 Å². The van der Waals surface area contributed by atoms with E-state index in [1.165, 1.54) is 5.56 Å². The highest BCUT2D eigenvalue weighted by atomic mass is 16.5. The van der Waals surface area contributed by atoms with Crippen molar-refractivity contribution in [1.82, 2.24) is 0 Å². The Morgan fingerprint density at radius 2 is 1.82 bits per heavy atom. The van der Waals surface area contributed by atoms with E-state index in [4.69, 9.17) is 16.2 Å². The van der Waals surface area contributed by atoms with Gasteiger partial charge in [0.15, 0.2) is 0 Å². The Morgan fingerprint density at radius 1 is 1.18 bits per heavy atom. The highest BCUT2D eigenvalue weighted by Crippen LogP contribution is 2.12. The van der Waals surface area contributed by atoms with Crippen LogP contribution in [0.3, 0.4) is 0 Å². The molecule has 0 aliphatic rings. The maximum absolute atomic E-state index is 5.19. The third kappa shape index (κ3) is 5.01. The smallest absolute Gasteiger partial charge is 0.211 e.